The molecule has 0 spiro atoms. The van der Waals surface area contributed by atoms with Gasteiger partial charge in [0.25, 0.3) is 0 Å². The van der Waals surface area contributed by atoms with Crippen molar-refractivity contribution in [3.05, 3.63) is 88.9 Å². The van der Waals surface area contributed by atoms with E-state index in [1.54, 1.807) is 0 Å². The summed E-state index contributed by atoms with van der Waals surface area (Å²) in [5, 5.41) is 4.15. The first-order chi connectivity index (χ1) is 17.0. The molecule has 3 aromatic rings. The molecule has 5 rings (SSSR count). The highest BCUT2D eigenvalue weighted by atomic mass is 35.5. The van der Waals surface area contributed by atoms with Crippen molar-refractivity contribution in [3.8, 4) is 11.5 Å². The molecule has 1 N–H and O–H groups in total. The first kappa shape index (κ1) is 23.9. The quantitative estimate of drug-likeness (QED) is 0.398. The van der Waals surface area contributed by atoms with Crippen LogP contribution in [0.25, 0.3) is 0 Å². The number of aliphatic imine (C=N–C) groups is 1. The maximum atomic E-state index is 6.35. The normalized spacial score (nSPS) is 22.7. The molecule has 2 heterocycles. The zero-order valence-corrected chi connectivity index (χ0v) is 21.1. The number of fused-ring (bicyclic) bond motifs is 2. The minimum atomic E-state index is -0.0920. The van der Waals surface area contributed by atoms with Crippen molar-refractivity contribution in [1.29, 1.82) is 0 Å². The van der Waals surface area contributed by atoms with Crippen LogP contribution in [0.4, 0.5) is 5.69 Å². The van der Waals surface area contributed by atoms with E-state index < -0.39 is 0 Å². The number of hydrogen-bond donors (Lipinski definition) is 1. The van der Waals surface area contributed by atoms with Gasteiger partial charge in [-0.15, -0.1) is 0 Å². The van der Waals surface area contributed by atoms with Gasteiger partial charge in [0.15, 0.2) is 5.75 Å². The van der Waals surface area contributed by atoms with E-state index in [1.807, 2.05) is 48.5 Å². The lowest BCUT2D eigenvalue weighted by molar-refractivity contribution is 0.0465. The number of benzene rings is 3. The number of para-hydroxylation sites is 1. The van der Waals surface area contributed by atoms with Crippen molar-refractivity contribution in [1.82, 2.24) is 4.90 Å². The molecule has 0 amide bonds. The summed E-state index contributed by atoms with van der Waals surface area (Å²) in [5.74, 6) is 2.32. The molecule has 2 aliphatic rings. The molecule has 1 fully saturated rings. The van der Waals surface area contributed by atoms with Crippen molar-refractivity contribution in [2.75, 3.05) is 25.0 Å². The maximum absolute atomic E-state index is 6.35. The monoisotopic (exact) mass is 489 g/mol. The number of likely N-dealkylation sites (tertiary alicyclic amines) is 1. The lowest BCUT2D eigenvalue weighted by Gasteiger charge is -2.33. The van der Waals surface area contributed by atoms with Crippen molar-refractivity contribution in [2.24, 2.45) is 4.99 Å². The summed E-state index contributed by atoms with van der Waals surface area (Å²) >= 11 is 6.28. The molecule has 6 heteroatoms. The molecule has 0 radical (unpaired) electrons. The van der Waals surface area contributed by atoms with Crippen LogP contribution in [-0.4, -0.2) is 42.0 Å². The second kappa shape index (κ2) is 10.4. The smallest absolute Gasteiger partial charge is 0.151 e. The van der Waals surface area contributed by atoms with Gasteiger partial charge in [0.2, 0.25) is 0 Å². The van der Waals surface area contributed by atoms with Crippen LogP contribution in [0.1, 0.15) is 37.8 Å². The highest BCUT2D eigenvalue weighted by Crippen LogP contribution is 2.38. The van der Waals surface area contributed by atoms with Crippen LogP contribution >= 0.6 is 11.6 Å². The molecule has 0 bridgehead atoms. The van der Waals surface area contributed by atoms with E-state index in [-0.39, 0.29) is 11.6 Å². The molecule has 0 saturated carbocycles. The third-order valence-corrected chi connectivity index (χ3v) is 7.05. The second-order valence-electron chi connectivity index (χ2n) is 9.59. The van der Waals surface area contributed by atoms with Gasteiger partial charge < -0.3 is 14.8 Å². The lowest BCUT2D eigenvalue weighted by Crippen LogP contribution is -2.44. The largest absolute Gasteiger partial charge is 0.454 e. The minimum Gasteiger partial charge on any atom is -0.454 e. The fourth-order valence-electron chi connectivity index (χ4n) is 4.97. The summed E-state index contributed by atoms with van der Waals surface area (Å²) in [6, 6.07) is 24.0. The van der Waals surface area contributed by atoms with Gasteiger partial charge in [-0.05, 0) is 62.2 Å². The van der Waals surface area contributed by atoms with Gasteiger partial charge >= 0.3 is 0 Å². The molecular weight excluding hydrogens is 458 g/mol. The first-order valence-corrected chi connectivity index (χ1v) is 12.7. The van der Waals surface area contributed by atoms with Gasteiger partial charge in [0.1, 0.15) is 11.6 Å². The van der Waals surface area contributed by atoms with E-state index in [0.717, 1.165) is 54.5 Å². The SMILES string of the molecule is CCCN1C[C@H](OCc2ccccc2)C[C@@]1(C)CN=C1Nc2cc(Cl)ccc2Oc2ccccc21. The van der Waals surface area contributed by atoms with Gasteiger partial charge in [-0.2, -0.15) is 0 Å². The molecule has 182 valence electrons. The van der Waals surface area contributed by atoms with Crippen LogP contribution < -0.4 is 10.1 Å². The van der Waals surface area contributed by atoms with E-state index in [0.29, 0.717) is 18.2 Å². The van der Waals surface area contributed by atoms with Crippen LogP contribution in [0.3, 0.4) is 0 Å². The number of amidine groups is 1. The molecule has 0 unspecified atom stereocenters. The van der Waals surface area contributed by atoms with Crippen molar-refractivity contribution in [3.63, 3.8) is 0 Å². The number of anilines is 1. The summed E-state index contributed by atoms with van der Waals surface area (Å²) in [5.41, 5.74) is 2.88. The van der Waals surface area contributed by atoms with E-state index in [1.165, 1.54) is 5.56 Å². The topological polar surface area (TPSA) is 46.1 Å². The minimum absolute atomic E-state index is 0.0920. The van der Waals surface area contributed by atoms with Crippen molar-refractivity contribution < 1.29 is 9.47 Å². The predicted octanol–water partition coefficient (Wildman–Crippen LogP) is 6.76. The van der Waals surface area contributed by atoms with E-state index in [9.17, 15) is 0 Å². The number of rotatable bonds is 7. The molecule has 0 aliphatic carbocycles. The molecule has 3 aromatic carbocycles. The Hall–Kier alpha value is -2.86. The number of halogens is 1. The van der Waals surface area contributed by atoms with Gasteiger partial charge in [-0.3, -0.25) is 9.89 Å². The third-order valence-electron chi connectivity index (χ3n) is 6.81. The van der Waals surface area contributed by atoms with Crippen molar-refractivity contribution in [2.45, 2.75) is 44.9 Å². The second-order valence-corrected chi connectivity index (χ2v) is 10.0. The fraction of sp³-hybridized carbons (Fsp3) is 0.345. The zero-order chi connectivity index (χ0) is 24.3. The number of hydrogen-bond acceptors (Lipinski definition) is 4. The fourth-order valence-corrected chi connectivity index (χ4v) is 5.15. The van der Waals surface area contributed by atoms with Crippen LogP contribution in [0.5, 0.6) is 11.5 Å². The van der Waals surface area contributed by atoms with E-state index in [2.05, 4.69) is 48.3 Å². The Labute approximate surface area is 212 Å². The first-order valence-electron chi connectivity index (χ1n) is 12.3. The summed E-state index contributed by atoms with van der Waals surface area (Å²) in [7, 11) is 0. The molecule has 5 nitrogen and oxygen atoms in total. The average Bonchev–Trinajstić information content (AvgIpc) is 3.09. The molecule has 35 heavy (non-hydrogen) atoms. The summed E-state index contributed by atoms with van der Waals surface area (Å²) in [6.07, 6.45) is 2.22. The summed E-state index contributed by atoms with van der Waals surface area (Å²) < 4.78 is 12.6. The molecule has 1 saturated heterocycles. The van der Waals surface area contributed by atoms with Gasteiger partial charge in [0, 0.05) is 17.1 Å². The Morgan fingerprint density at radius 3 is 2.71 bits per heavy atom. The third kappa shape index (κ3) is 5.37. The van der Waals surface area contributed by atoms with Gasteiger partial charge in [-0.25, -0.2) is 0 Å². The Morgan fingerprint density at radius 1 is 1.09 bits per heavy atom. The van der Waals surface area contributed by atoms with Gasteiger partial charge in [0.05, 0.1) is 30.5 Å². The number of ether oxygens (including phenoxy) is 2. The highest BCUT2D eigenvalue weighted by molar-refractivity contribution is 6.31. The Morgan fingerprint density at radius 2 is 1.89 bits per heavy atom. The van der Waals surface area contributed by atoms with Gasteiger partial charge in [-0.1, -0.05) is 61.0 Å². The van der Waals surface area contributed by atoms with Crippen LogP contribution in [0.2, 0.25) is 5.02 Å². The number of nitrogens with zero attached hydrogens (tertiary/aromatic N) is 2. The predicted molar refractivity (Wildman–Crippen MR) is 143 cm³/mol. The lowest BCUT2D eigenvalue weighted by atomic mass is 9.97. The van der Waals surface area contributed by atoms with E-state index >= 15 is 0 Å². The maximum Gasteiger partial charge on any atom is 0.151 e. The molecule has 0 aromatic heterocycles. The summed E-state index contributed by atoms with van der Waals surface area (Å²) in [6.45, 7) is 7.78. The standard InChI is InChI=1S/C29H32ClN3O2/c1-3-15-33-18-23(34-19-21-9-5-4-6-10-21)17-29(33,2)20-31-28-24-11-7-8-12-26(24)35-27-14-13-22(30)16-25(27)32-28/h4-14,16,23H,3,15,17-20H2,1-2H3,(H,31,32)/t23-,29+/m1/s1. The highest BCUT2D eigenvalue weighted by Gasteiger charge is 2.42. The Balaban J connectivity index is 1.38. The molecular formula is C29H32ClN3O2. The van der Waals surface area contributed by atoms with Crippen LogP contribution in [-0.2, 0) is 11.3 Å². The average molecular weight is 490 g/mol. The number of nitrogens with one attached hydrogen (secondary N) is 1. The van der Waals surface area contributed by atoms with Crippen LogP contribution in [0, 0.1) is 0 Å². The Kier molecular flexibility index (Phi) is 7.09. The zero-order valence-electron chi connectivity index (χ0n) is 20.3. The Bertz CT molecular complexity index is 1200. The van der Waals surface area contributed by atoms with Crippen molar-refractivity contribution >= 4 is 23.1 Å². The summed E-state index contributed by atoms with van der Waals surface area (Å²) in [4.78, 5) is 7.68. The molecule has 2 aliphatic heterocycles. The van der Waals surface area contributed by atoms with Crippen LogP contribution in [0.15, 0.2) is 77.8 Å². The molecule has 2 atom stereocenters. The van der Waals surface area contributed by atoms with E-state index in [4.69, 9.17) is 26.1 Å².